The SMILES string of the molecule is CCOC(=O)Nc1ccc(C#CCO)c(F)c1. The van der Waals surface area contributed by atoms with Crippen LogP contribution in [0.4, 0.5) is 14.9 Å². The number of aliphatic hydroxyl groups excluding tert-OH is 1. The molecule has 0 atom stereocenters. The fraction of sp³-hybridized carbons (Fsp3) is 0.250. The highest BCUT2D eigenvalue weighted by Crippen LogP contribution is 2.13. The zero-order chi connectivity index (χ0) is 12.7. The third kappa shape index (κ3) is 4.13. The van der Waals surface area contributed by atoms with E-state index in [0.717, 1.165) is 6.07 Å². The number of rotatable bonds is 2. The number of aliphatic hydroxyl groups is 1. The number of amides is 1. The normalized spacial score (nSPS) is 9.12. The fourth-order valence-electron chi connectivity index (χ4n) is 1.11. The van der Waals surface area contributed by atoms with Crippen molar-refractivity contribution in [2.45, 2.75) is 6.92 Å². The van der Waals surface area contributed by atoms with E-state index in [1.807, 2.05) is 0 Å². The van der Waals surface area contributed by atoms with Crippen LogP contribution >= 0.6 is 0 Å². The molecule has 1 rings (SSSR count). The number of benzene rings is 1. The van der Waals surface area contributed by atoms with Gasteiger partial charge in [0.2, 0.25) is 0 Å². The maximum atomic E-state index is 13.4. The van der Waals surface area contributed by atoms with Crippen LogP contribution in [0.3, 0.4) is 0 Å². The van der Waals surface area contributed by atoms with Gasteiger partial charge in [0.1, 0.15) is 12.4 Å². The average molecular weight is 237 g/mol. The number of carbonyl (C=O) groups excluding carboxylic acids is 1. The lowest BCUT2D eigenvalue weighted by Gasteiger charge is -2.05. The van der Waals surface area contributed by atoms with Crippen molar-refractivity contribution in [1.29, 1.82) is 0 Å². The van der Waals surface area contributed by atoms with E-state index in [1.165, 1.54) is 12.1 Å². The van der Waals surface area contributed by atoms with Crippen LogP contribution < -0.4 is 5.32 Å². The molecule has 0 bridgehead atoms. The van der Waals surface area contributed by atoms with Gasteiger partial charge < -0.3 is 9.84 Å². The molecule has 2 N–H and O–H groups in total. The summed E-state index contributed by atoms with van der Waals surface area (Å²) in [5.74, 6) is 4.22. The number of anilines is 1. The zero-order valence-corrected chi connectivity index (χ0v) is 9.29. The first-order valence-electron chi connectivity index (χ1n) is 5.00. The summed E-state index contributed by atoms with van der Waals surface area (Å²) >= 11 is 0. The van der Waals surface area contributed by atoms with Crippen molar-refractivity contribution in [3.63, 3.8) is 0 Å². The summed E-state index contributed by atoms with van der Waals surface area (Å²) in [5.41, 5.74) is 0.448. The Labute approximate surface area is 98.4 Å². The Hall–Kier alpha value is -2.06. The molecule has 0 aliphatic rings. The summed E-state index contributed by atoms with van der Waals surface area (Å²) in [6.07, 6.45) is -0.638. The third-order valence-electron chi connectivity index (χ3n) is 1.79. The molecule has 4 nitrogen and oxygen atoms in total. The molecule has 0 spiro atoms. The molecule has 0 radical (unpaired) electrons. The number of carbonyl (C=O) groups is 1. The van der Waals surface area contributed by atoms with Gasteiger partial charge in [-0.3, -0.25) is 5.32 Å². The molecular weight excluding hydrogens is 225 g/mol. The van der Waals surface area contributed by atoms with Crippen LogP contribution in [0.5, 0.6) is 0 Å². The lowest BCUT2D eigenvalue weighted by atomic mass is 10.2. The first-order chi connectivity index (χ1) is 8.17. The second kappa shape index (κ2) is 6.51. The monoisotopic (exact) mass is 237 g/mol. The standard InChI is InChI=1S/C12H12FNO3/c1-2-17-12(16)14-10-6-5-9(4-3-7-15)11(13)8-10/h5-6,8,15H,2,7H2,1H3,(H,14,16). The highest BCUT2D eigenvalue weighted by atomic mass is 19.1. The van der Waals surface area contributed by atoms with E-state index in [1.54, 1.807) is 6.92 Å². The molecule has 0 aromatic heterocycles. The molecule has 5 heteroatoms. The van der Waals surface area contributed by atoms with Crippen LogP contribution in [0.25, 0.3) is 0 Å². The molecule has 0 saturated carbocycles. The molecular formula is C12H12FNO3. The van der Waals surface area contributed by atoms with E-state index < -0.39 is 11.9 Å². The number of nitrogens with one attached hydrogen (secondary N) is 1. The minimum absolute atomic E-state index is 0.161. The number of hydrogen-bond donors (Lipinski definition) is 2. The topological polar surface area (TPSA) is 58.6 Å². The lowest BCUT2D eigenvalue weighted by Crippen LogP contribution is -2.13. The smallest absolute Gasteiger partial charge is 0.411 e. The van der Waals surface area contributed by atoms with Gasteiger partial charge in [0, 0.05) is 5.69 Å². The van der Waals surface area contributed by atoms with Crippen molar-refractivity contribution < 1.29 is 19.0 Å². The van der Waals surface area contributed by atoms with Gasteiger partial charge in [0.25, 0.3) is 0 Å². The Morgan fingerprint density at radius 1 is 1.59 bits per heavy atom. The van der Waals surface area contributed by atoms with E-state index in [2.05, 4.69) is 21.9 Å². The summed E-state index contributed by atoms with van der Waals surface area (Å²) in [5, 5.41) is 10.8. The zero-order valence-electron chi connectivity index (χ0n) is 9.29. The average Bonchev–Trinajstić information content (AvgIpc) is 2.28. The predicted molar refractivity (Wildman–Crippen MR) is 61.0 cm³/mol. The molecule has 0 heterocycles. The maximum absolute atomic E-state index is 13.4. The van der Waals surface area contributed by atoms with Gasteiger partial charge in [0.15, 0.2) is 0 Å². The lowest BCUT2D eigenvalue weighted by molar-refractivity contribution is 0.168. The van der Waals surface area contributed by atoms with Gasteiger partial charge >= 0.3 is 6.09 Å². The Kier molecular flexibility index (Phi) is 4.98. The summed E-state index contributed by atoms with van der Waals surface area (Å²) < 4.78 is 18.1. The number of ether oxygens (including phenoxy) is 1. The van der Waals surface area contributed by atoms with Gasteiger partial charge in [-0.1, -0.05) is 11.8 Å². The molecule has 0 fully saturated rings. The van der Waals surface area contributed by atoms with Crippen LogP contribution in [0.15, 0.2) is 18.2 Å². The molecule has 1 aromatic carbocycles. The Morgan fingerprint density at radius 3 is 2.94 bits per heavy atom. The highest BCUT2D eigenvalue weighted by Gasteiger charge is 2.05. The van der Waals surface area contributed by atoms with Crippen molar-refractivity contribution in [1.82, 2.24) is 0 Å². The second-order valence-corrected chi connectivity index (χ2v) is 3.00. The van der Waals surface area contributed by atoms with Crippen LogP contribution in [-0.2, 0) is 4.74 Å². The van der Waals surface area contributed by atoms with Crippen LogP contribution in [0.2, 0.25) is 0 Å². The van der Waals surface area contributed by atoms with Crippen LogP contribution in [0.1, 0.15) is 12.5 Å². The van der Waals surface area contributed by atoms with Crippen molar-refractivity contribution in [2.24, 2.45) is 0 Å². The molecule has 1 aromatic rings. The third-order valence-corrected chi connectivity index (χ3v) is 1.79. The first-order valence-corrected chi connectivity index (χ1v) is 5.00. The Bertz CT molecular complexity index is 463. The molecule has 0 aliphatic heterocycles. The van der Waals surface area contributed by atoms with Gasteiger partial charge in [-0.25, -0.2) is 9.18 Å². The van der Waals surface area contributed by atoms with Gasteiger partial charge in [0.05, 0.1) is 12.2 Å². The maximum Gasteiger partial charge on any atom is 0.411 e. The van der Waals surface area contributed by atoms with Crippen molar-refractivity contribution in [3.05, 3.63) is 29.6 Å². The van der Waals surface area contributed by atoms with Crippen LogP contribution in [-0.4, -0.2) is 24.4 Å². The van der Waals surface area contributed by atoms with Gasteiger partial charge in [-0.15, -0.1) is 0 Å². The Morgan fingerprint density at radius 2 is 2.35 bits per heavy atom. The molecule has 0 unspecified atom stereocenters. The molecule has 1 amide bonds. The second-order valence-electron chi connectivity index (χ2n) is 3.00. The van der Waals surface area contributed by atoms with Gasteiger partial charge in [-0.2, -0.15) is 0 Å². The summed E-state index contributed by atoms with van der Waals surface area (Å²) in [7, 11) is 0. The van der Waals surface area contributed by atoms with E-state index in [0.29, 0.717) is 0 Å². The summed E-state index contributed by atoms with van der Waals surface area (Å²) in [6.45, 7) is 1.59. The largest absolute Gasteiger partial charge is 0.450 e. The predicted octanol–water partition coefficient (Wildman–Crippen LogP) is 1.74. The Balaban J connectivity index is 2.78. The van der Waals surface area contributed by atoms with E-state index in [9.17, 15) is 9.18 Å². The number of halogens is 1. The molecule has 90 valence electrons. The summed E-state index contributed by atoms with van der Waals surface area (Å²) in [6, 6.07) is 4.05. The van der Waals surface area contributed by atoms with Crippen molar-refractivity contribution >= 4 is 11.8 Å². The van der Waals surface area contributed by atoms with E-state index in [4.69, 9.17) is 5.11 Å². The first kappa shape index (κ1) is 13.0. The van der Waals surface area contributed by atoms with Crippen molar-refractivity contribution in [3.8, 4) is 11.8 Å². The van der Waals surface area contributed by atoms with E-state index in [-0.39, 0.29) is 24.5 Å². The highest BCUT2D eigenvalue weighted by molar-refractivity contribution is 5.84. The van der Waals surface area contributed by atoms with Gasteiger partial charge in [-0.05, 0) is 25.1 Å². The molecule has 0 aliphatic carbocycles. The minimum Gasteiger partial charge on any atom is -0.450 e. The molecule has 0 saturated heterocycles. The minimum atomic E-state index is -0.638. The quantitative estimate of drug-likeness (QED) is 0.770. The van der Waals surface area contributed by atoms with E-state index >= 15 is 0 Å². The van der Waals surface area contributed by atoms with Crippen LogP contribution in [0, 0.1) is 17.7 Å². The number of hydrogen-bond acceptors (Lipinski definition) is 3. The van der Waals surface area contributed by atoms with Crippen molar-refractivity contribution in [2.75, 3.05) is 18.5 Å². The summed E-state index contributed by atoms with van der Waals surface area (Å²) in [4.78, 5) is 11.1. The molecule has 17 heavy (non-hydrogen) atoms. The fourth-order valence-corrected chi connectivity index (χ4v) is 1.11.